The smallest absolute Gasteiger partial charge is 0.299 e. The van der Waals surface area contributed by atoms with Crippen LogP contribution in [-0.2, 0) is 4.79 Å². The molecule has 0 aromatic heterocycles. The number of fused-ring (bicyclic) bond motifs is 1. The van der Waals surface area contributed by atoms with Crippen molar-refractivity contribution in [3.63, 3.8) is 0 Å². The molecule has 1 aromatic carbocycles. The first-order valence-electron chi connectivity index (χ1n) is 5.10. The van der Waals surface area contributed by atoms with E-state index in [2.05, 4.69) is 0 Å². The lowest BCUT2D eigenvalue weighted by molar-refractivity contribution is -0.114. The second kappa shape index (κ2) is 4.43. The number of anilines is 1. The number of carbonyl (C=O) groups is 2. The number of rotatable bonds is 3. The van der Waals surface area contributed by atoms with Crippen LogP contribution in [0.25, 0.3) is 0 Å². The maximum absolute atomic E-state index is 13.1. The Balaban J connectivity index is 2.45. The van der Waals surface area contributed by atoms with Crippen molar-refractivity contribution in [2.45, 2.75) is 6.10 Å². The highest BCUT2D eigenvalue weighted by Crippen LogP contribution is 2.30. The van der Waals surface area contributed by atoms with Crippen LogP contribution in [0.1, 0.15) is 10.4 Å². The SMILES string of the molecule is O=C1C(=O)N(CC(O)CO)c2cc(F)c(F)cc21. The van der Waals surface area contributed by atoms with Crippen LogP contribution in [0.5, 0.6) is 0 Å². The molecule has 0 fully saturated rings. The lowest BCUT2D eigenvalue weighted by Gasteiger charge is -2.19. The van der Waals surface area contributed by atoms with Crippen LogP contribution in [0.4, 0.5) is 14.5 Å². The van der Waals surface area contributed by atoms with Crippen molar-refractivity contribution in [2.75, 3.05) is 18.1 Å². The van der Waals surface area contributed by atoms with E-state index >= 15 is 0 Å². The molecule has 18 heavy (non-hydrogen) atoms. The number of nitrogens with zero attached hydrogens (tertiary/aromatic N) is 1. The lowest BCUT2D eigenvalue weighted by atomic mass is 10.1. The maximum atomic E-state index is 13.1. The van der Waals surface area contributed by atoms with E-state index in [-0.39, 0.29) is 17.8 Å². The number of hydrogen-bond donors (Lipinski definition) is 2. The van der Waals surface area contributed by atoms with Gasteiger partial charge in [0.05, 0.1) is 30.5 Å². The number of hydrogen-bond acceptors (Lipinski definition) is 4. The molecule has 1 aliphatic heterocycles. The Morgan fingerprint density at radius 1 is 1.22 bits per heavy atom. The predicted octanol–water partition coefficient (Wildman–Crippen LogP) is -0.153. The Hall–Kier alpha value is -1.86. The van der Waals surface area contributed by atoms with Crippen LogP contribution >= 0.6 is 0 Å². The molecule has 2 N–H and O–H groups in total. The highest BCUT2D eigenvalue weighted by molar-refractivity contribution is 6.52. The van der Waals surface area contributed by atoms with Gasteiger partial charge in [0.2, 0.25) is 0 Å². The van der Waals surface area contributed by atoms with Gasteiger partial charge in [0.15, 0.2) is 11.6 Å². The van der Waals surface area contributed by atoms with Crippen molar-refractivity contribution in [1.82, 2.24) is 0 Å². The van der Waals surface area contributed by atoms with Crippen molar-refractivity contribution < 1.29 is 28.6 Å². The van der Waals surface area contributed by atoms with Crippen LogP contribution in [0.15, 0.2) is 12.1 Å². The van der Waals surface area contributed by atoms with Crippen molar-refractivity contribution in [2.24, 2.45) is 0 Å². The molecule has 1 amide bonds. The Kier molecular flexibility index (Phi) is 3.10. The van der Waals surface area contributed by atoms with E-state index in [9.17, 15) is 23.5 Å². The molecule has 0 aliphatic carbocycles. The van der Waals surface area contributed by atoms with E-state index in [1.165, 1.54) is 0 Å². The minimum absolute atomic E-state index is 0.101. The monoisotopic (exact) mass is 257 g/mol. The largest absolute Gasteiger partial charge is 0.394 e. The molecular formula is C11H9F2NO4. The molecule has 0 saturated carbocycles. The second-order valence-electron chi connectivity index (χ2n) is 3.86. The molecule has 2 rings (SSSR count). The van der Waals surface area contributed by atoms with Crippen LogP contribution in [-0.4, -0.2) is 41.2 Å². The van der Waals surface area contributed by atoms with Gasteiger partial charge in [-0.2, -0.15) is 0 Å². The summed E-state index contributed by atoms with van der Waals surface area (Å²) in [6.45, 7) is -0.976. The van der Waals surface area contributed by atoms with Gasteiger partial charge < -0.3 is 15.1 Å². The summed E-state index contributed by atoms with van der Waals surface area (Å²) in [6, 6.07) is 1.37. The standard InChI is InChI=1S/C11H9F2NO4/c12-7-1-6-9(2-8(7)13)14(3-5(16)4-15)11(18)10(6)17/h1-2,5,15-16H,3-4H2. The van der Waals surface area contributed by atoms with Gasteiger partial charge in [-0.3, -0.25) is 9.59 Å². The number of β-amino-alcohol motifs (C(OH)–C–C–N with tert-alkyl or cyclic N) is 1. The molecule has 7 heteroatoms. The van der Waals surface area contributed by atoms with Crippen LogP contribution in [0.3, 0.4) is 0 Å². The van der Waals surface area contributed by atoms with E-state index in [1.807, 2.05) is 0 Å². The molecule has 0 spiro atoms. The zero-order valence-electron chi connectivity index (χ0n) is 9.06. The summed E-state index contributed by atoms with van der Waals surface area (Å²) in [5.74, 6) is -4.37. The Labute approximate surface area is 100 Å². The fourth-order valence-corrected chi connectivity index (χ4v) is 1.74. The van der Waals surface area contributed by atoms with Gasteiger partial charge in [0.25, 0.3) is 11.7 Å². The number of Topliss-reactive ketones (excluding diaryl/α,β-unsaturated/α-hetero) is 1. The summed E-state index contributed by atoms with van der Waals surface area (Å²) < 4.78 is 26.1. The van der Waals surface area contributed by atoms with Gasteiger partial charge in [-0.25, -0.2) is 8.78 Å². The van der Waals surface area contributed by atoms with Crippen LogP contribution < -0.4 is 4.90 Å². The number of carbonyl (C=O) groups excluding carboxylic acids is 2. The number of ketones is 1. The maximum Gasteiger partial charge on any atom is 0.299 e. The molecule has 0 radical (unpaired) electrons. The predicted molar refractivity (Wildman–Crippen MR) is 56.1 cm³/mol. The van der Waals surface area contributed by atoms with E-state index < -0.39 is 36.0 Å². The molecule has 1 unspecified atom stereocenters. The molecular weight excluding hydrogens is 248 g/mol. The van der Waals surface area contributed by atoms with E-state index in [0.29, 0.717) is 6.07 Å². The topological polar surface area (TPSA) is 77.8 Å². The van der Waals surface area contributed by atoms with E-state index in [4.69, 9.17) is 5.11 Å². The highest BCUT2D eigenvalue weighted by Gasteiger charge is 2.37. The van der Waals surface area contributed by atoms with Crippen molar-refractivity contribution in [3.05, 3.63) is 29.3 Å². The second-order valence-corrected chi connectivity index (χ2v) is 3.86. The van der Waals surface area contributed by atoms with Gasteiger partial charge >= 0.3 is 0 Å². The van der Waals surface area contributed by atoms with Crippen LogP contribution in [0.2, 0.25) is 0 Å². The molecule has 1 heterocycles. The summed E-state index contributed by atoms with van der Waals surface area (Å²) >= 11 is 0. The quantitative estimate of drug-likeness (QED) is 0.738. The third-order valence-corrected chi connectivity index (χ3v) is 2.62. The van der Waals surface area contributed by atoms with Crippen molar-refractivity contribution in [3.8, 4) is 0 Å². The van der Waals surface area contributed by atoms with Gasteiger partial charge in [0, 0.05) is 6.07 Å². The van der Waals surface area contributed by atoms with Crippen molar-refractivity contribution in [1.29, 1.82) is 0 Å². The number of halogens is 2. The lowest BCUT2D eigenvalue weighted by Crippen LogP contribution is -2.38. The molecule has 1 aliphatic rings. The molecule has 1 aromatic rings. The number of benzene rings is 1. The Bertz CT molecular complexity index is 532. The van der Waals surface area contributed by atoms with Crippen molar-refractivity contribution >= 4 is 17.4 Å². The Morgan fingerprint density at radius 2 is 1.83 bits per heavy atom. The number of amides is 1. The van der Waals surface area contributed by atoms with Gasteiger partial charge in [-0.05, 0) is 6.07 Å². The van der Waals surface area contributed by atoms with E-state index in [0.717, 1.165) is 11.0 Å². The molecule has 0 saturated heterocycles. The molecule has 5 nitrogen and oxygen atoms in total. The van der Waals surface area contributed by atoms with Gasteiger partial charge in [0.1, 0.15) is 0 Å². The normalized spacial score (nSPS) is 16.1. The van der Waals surface area contributed by atoms with Gasteiger partial charge in [-0.1, -0.05) is 0 Å². The summed E-state index contributed by atoms with van der Waals surface area (Å²) in [4.78, 5) is 23.9. The average Bonchev–Trinajstić information content (AvgIpc) is 2.56. The minimum atomic E-state index is -1.26. The summed E-state index contributed by atoms with van der Waals surface area (Å²) in [7, 11) is 0. The Morgan fingerprint density at radius 3 is 2.44 bits per heavy atom. The molecule has 1 atom stereocenters. The summed E-state index contributed by atoms with van der Waals surface area (Å²) in [5.41, 5.74) is -0.347. The third-order valence-electron chi connectivity index (χ3n) is 2.62. The third kappa shape index (κ3) is 1.87. The van der Waals surface area contributed by atoms with Crippen LogP contribution in [0, 0.1) is 11.6 Å². The molecule has 0 bridgehead atoms. The summed E-state index contributed by atoms with van der Waals surface area (Å²) in [5, 5.41) is 17.9. The highest BCUT2D eigenvalue weighted by atomic mass is 19.2. The minimum Gasteiger partial charge on any atom is -0.394 e. The first-order chi connectivity index (χ1) is 8.45. The first kappa shape index (κ1) is 12.6. The molecule has 96 valence electrons. The fourth-order valence-electron chi connectivity index (χ4n) is 1.74. The average molecular weight is 257 g/mol. The number of aliphatic hydroxyl groups is 2. The number of aliphatic hydroxyl groups excluding tert-OH is 2. The fraction of sp³-hybridized carbons (Fsp3) is 0.273. The van der Waals surface area contributed by atoms with E-state index in [1.54, 1.807) is 0 Å². The first-order valence-corrected chi connectivity index (χ1v) is 5.10. The van der Waals surface area contributed by atoms with Gasteiger partial charge in [-0.15, -0.1) is 0 Å². The summed E-state index contributed by atoms with van der Waals surface area (Å²) in [6.07, 6.45) is -1.26. The zero-order valence-corrected chi connectivity index (χ0v) is 9.06. The zero-order chi connectivity index (χ0) is 13.4.